The molecule has 0 unspecified atom stereocenters. The molecular formula is C18H21NO3. The fraction of sp³-hybridized carbons (Fsp3) is 0.333. The quantitative estimate of drug-likeness (QED) is 0.632. The number of amides is 1. The van der Waals surface area contributed by atoms with Gasteiger partial charge in [0, 0.05) is 13.0 Å². The van der Waals surface area contributed by atoms with E-state index in [-0.39, 0.29) is 11.9 Å². The number of fused-ring (bicyclic) bond motifs is 1. The summed E-state index contributed by atoms with van der Waals surface area (Å²) in [5, 5.41) is 5.08. The topological polar surface area (TPSA) is 55.4 Å². The predicted octanol–water partition coefficient (Wildman–Crippen LogP) is 2.84. The minimum Gasteiger partial charge on any atom is -0.466 e. The normalized spacial score (nSPS) is 10.4. The number of hydrogen-bond acceptors (Lipinski definition) is 3. The zero-order valence-corrected chi connectivity index (χ0v) is 12.8. The number of benzene rings is 2. The van der Waals surface area contributed by atoms with Crippen molar-refractivity contribution in [3.8, 4) is 0 Å². The second-order valence-corrected chi connectivity index (χ2v) is 5.07. The van der Waals surface area contributed by atoms with E-state index in [4.69, 9.17) is 4.74 Å². The Morgan fingerprint density at radius 3 is 2.68 bits per heavy atom. The lowest BCUT2D eigenvalue weighted by Gasteiger charge is -2.08. The molecule has 2 aromatic carbocycles. The summed E-state index contributed by atoms with van der Waals surface area (Å²) in [5.74, 6) is -0.244. The highest BCUT2D eigenvalue weighted by molar-refractivity contribution is 5.90. The Labute approximate surface area is 130 Å². The summed E-state index contributed by atoms with van der Waals surface area (Å²) < 4.78 is 4.84. The lowest BCUT2D eigenvalue weighted by atomic mass is 10.0. The van der Waals surface area contributed by atoms with Crippen LogP contribution in [0.1, 0.15) is 25.3 Å². The van der Waals surface area contributed by atoms with E-state index in [1.165, 1.54) is 0 Å². The molecule has 0 spiro atoms. The standard InChI is InChI=1S/C18H21NO3/c1-2-22-18(21)11-6-12-19-17(20)13-15-9-5-8-14-7-3-4-10-16(14)15/h3-5,7-10H,2,6,11-13H2,1H3,(H,19,20). The molecule has 0 bridgehead atoms. The van der Waals surface area contributed by atoms with Crippen molar-refractivity contribution >= 4 is 22.6 Å². The molecule has 0 aliphatic carbocycles. The number of ether oxygens (including phenoxy) is 1. The molecular weight excluding hydrogens is 278 g/mol. The van der Waals surface area contributed by atoms with Crippen molar-refractivity contribution < 1.29 is 14.3 Å². The van der Waals surface area contributed by atoms with Crippen molar-refractivity contribution in [1.82, 2.24) is 5.32 Å². The number of rotatable bonds is 7. The Morgan fingerprint density at radius 1 is 1.09 bits per heavy atom. The van der Waals surface area contributed by atoms with Crippen LogP contribution in [0.15, 0.2) is 42.5 Å². The lowest BCUT2D eigenvalue weighted by Crippen LogP contribution is -2.26. The van der Waals surface area contributed by atoms with Crippen LogP contribution in [0.2, 0.25) is 0 Å². The van der Waals surface area contributed by atoms with Gasteiger partial charge in [0.05, 0.1) is 13.0 Å². The third kappa shape index (κ3) is 4.58. The first-order valence-electron chi connectivity index (χ1n) is 7.59. The van der Waals surface area contributed by atoms with Gasteiger partial charge in [-0.3, -0.25) is 9.59 Å². The van der Waals surface area contributed by atoms with Crippen molar-refractivity contribution in [2.45, 2.75) is 26.2 Å². The third-order valence-electron chi connectivity index (χ3n) is 3.42. The van der Waals surface area contributed by atoms with E-state index in [0.717, 1.165) is 16.3 Å². The Kier molecular flexibility index (Phi) is 5.95. The molecule has 0 aromatic heterocycles. The maximum Gasteiger partial charge on any atom is 0.305 e. The van der Waals surface area contributed by atoms with Crippen LogP contribution >= 0.6 is 0 Å². The molecule has 2 rings (SSSR count). The first-order valence-corrected chi connectivity index (χ1v) is 7.59. The zero-order valence-electron chi connectivity index (χ0n) is 12.8. The van der Waals surface area contributed by atoms with E-state index >= 15 is 0 Å². The number of hydrogen-bond donors (Lipinski definition) is 1. The Balaban J connectivity index is 1.83. The highest BCUT2D eigenvalue weighted by atomic mass is 16.5. The van der Waals surface area contributed by atoms with Gasteiger partial charge in [0.2, 0.25) is 5.91 Å². The van der Waals surface area contributed by atoms with Gasteiger partial charge in [-0.25, -0.2) is 0 Å². The van der Waals surface area contributed by atoms with E-state index in [0.29, 0.717) is 32.4 Å². The second-order valence-electron chi connectivity index (χ2n) is 5.07. The Bertz CT molecular complexity index is 646. The average Bonchev–Trinajstić information content (AvgIpc) is 2.52. The van der Waals surface area contributed by atoms with E-state index < -0.39 is 0 Å². The Hall–Kier alpha value is -2.36. The van der Waals surface area contributed by atoms with Gasteiger partial charge in [-0.2, -0.15) is 0 Å². The summed E-state index contributed by atoms with van der Waals surface area (Å²) in [6.45, 7) is 2.67. The average molecular weight is 299 g/mol. The predicted molar refractivity (Wildman–Crippen MR) is 86.5 cm³/mol. The summed E-state index contributed by atoms with van der Waals surface area (Å²) >= 11 is 0. The van der Waals surface area contributed by atoms with Crippen LogP contribution in [0, 0.1) is 0 Å². The third-order valence-corrected chi connectivity index (χ3v) is 3.42. The van der Waals surface area contributed by atoms with Gasteiger partial charge in [0.15, 0.2) is 0 Å². The molecule has 0 aliphatic rings. The van der Waals surface area contributed by atoms with Gasteiger partial charge in [0.25, 0.3) is 0 Å². The van der Waals surface area contributed by atoms with Gasteiger partial charge in [-0.05, 0) is 29.7 Å². The zero-order chi connectivity index (χ0) is 15.8. The van der Waals surface area contributed by atoms with Crippen molar-refractivity contribution in [1.29, 1.82) is 0 Å². The second kappa shape index (κ2) is 8.17. The minimum atomic E-state index is -0.217. The smallest absolute Gasteiger partial charge is 0.305 e. The largest absolute Gasteiger partial charge is 0.466 e. The van der Waals surface area contributed by atoms with Crippen LogP contribution in [0.25, 0.3) is 10.8 Å². The molecule has 0 fully saturated rings. The van der Waals surface area contributed by atoms with Crippen LogP contribution in [-0.2, 0) is 20.7 Å². The molecule has 0 saturated carbocycles. The van der Waals surface area contributed by atoms with Crippen LogP contribution < -0.4 is 5.32 Å². The van der Waals surface area contributed by atoms with Gasteiger partial charge in [0.1, 0.15) is 0 Å². The monoisotopic (exact) mass is 299 g/mol. The SMILES string of the molecule is CCOC(=O)CCCNC(=O)Cc1cccc2ccccc12. The summed E-state index contributed by atoms with van der Waals surface area (Å²) in [7, 11) is 0. The van der Waals surface area contributed by atoms with Crippen LogP contribution in [0.5, 0.6) is 0 Å². The van der Waals surface area contributed by atoms with Crippen LogP contribution in [0.3, 0.4) is 0 Å². The first-order chi connectivity index (χ1) is 10.7. The fourth-order valence-corrected chi connectivity index (χ4v) is 2.38. The molecule has 2 aromatic rings. The first kappa shape index (κ1) is 16.0. The van der Waals surface area contributed by atoms with Gasteiger partial charge in [-0.1, -0.05) is 42.5 Å². The molecule has 1 amide bonds. The fourth-order valence-electron chi connectivity index (χ4n) is 2.38. The molecule has 22 heavy (non-hydrogen) atoms. The van der Waals surface area contributed by atoms with Crippen molar-refractivity contribution in [3.63, 3.8) is 0 Å². The minimum absolute atomic E-state index is 0.0276. The van der Waals surface area contributed by atoms with E-state index in [2.05, 4.69) is 5.32 Å². The number of esters is 1. The molecule has 0 aliphatic heterocycles. The van der Waals surface area contributed by atoms with Gasteiger partial charge >= 0.3 is 5.97 Å². The molecule has 1 N–H and O–H groups in total. The molecule has 0 radical (unpaired) electrons. The van der Waals surface area contributed by atoms with Crippen molar-refractivity contribution in [2.75, 3.05) is 13.2 Å². The summed E-state index contributed by atoms with van der Waals surface area (Å²) in [4.78, 5) is 23.2. The molecule has 116 valence electrons. The highest BCUT2D eigenvalue weighted by Crippen LogP contribution is 2.18. The van der Waals surface area contributed by atoms with Crippen molar-refractivity contribution in [3.05, 3.63) is 48.0 Å². The maximum absolute atomic E-state index is 12.0. The number of carbonyl (C=O) groups excluding carboxylic acids is 2. The summed E-state index contributed by atoms with van der Waals surface area (Å²) in [5.41, 5.74) is 1.01. The van der Waals surface area contributed by atoms with Crippen LogP contribution in [-0.4, -0.2) is 25.0 Å². The maximum atomic E-state index is 12.0. The van der Waals surface area contributed by atoms with E-state index in [1.54, 1.807) is 6.92 Å². The van der Waals surface area contributed by atoms with Crippen LogP contribution in [0.4, 0.5) is 0 Å². The molecule has 0 heterocycles. The Morgan fingerprint density at radius 2 is 1.86 bits per heavy atom. The molecule has 4 nitrogen and oxygen atoms in total. The lowest BCUT2D eigenvalue weighted by molar-refractivity contribution is -0.143. The van der Waals surface area contributed by atoms with E-state index in [9.17, 15) is 9.59 Å². The summed E-state index contributed by atoms with van der Waals surface area (Å²) in [6, 6.07) is 14.0. The van der Waals surface area contributed by atoms with Gasteiger partial charge in [-0.15, -0.1) is 0 Å². The number of nitrogens with one attached hydrogen (secondary N) is 1. The molecule has 0 atom stereocenters. The summed E-state index contributed by atoms with van der Waals surface area (Å²) in [6.07, 6.45) is 1.28. The van der Waals surface area contributed by atoms with E-state index in [1.807, 2.05) is 42.5 Å². The van der Waals surface area contributed by atoms with Crippen molar-refractivity contribution in [2.24, 2.45) is 0 Å². The highest BCUT2D eigenvalue weighted by Gasteiger charge is 2.07. The van der Waals surface area contributed by atoms with Gasteiger partial charge < -0.3 is 10.1 Å². The molecule has 0 saturated heterocycles. The number of carbonyl (C=O) groups is 2. The molecule has 4 heteroatoms.